The molecule has 51 heavy (non-hydrogen) atoms. The lowest BCUT2D eigenvalue weighted by Crippen LogP contribution is -2.54. The number of rotatable bonds is 16. The van der Waals surface area contributed by atoms with E-state index in [-0.39, 0.29) is 37.7 Å². The van der Waals surface area contributed by atoms with E-state index in [1.165, 1.54) is 42.5 Å². The summed E-state index contributed by atoms with van der Waals surface area (Å²) in [5.74, 6) is -7.18. The van der Waals surface area contributed by atoms with Gasteiger partial charge in [0.15, 0.2) is 0 Å². The maximum absolute atomic E-state index is 13.6. The van der Waals surface area contributed by atoms with Crippen molar-refractivity contribution in [3.05, 3.63) is 24.3 Å². The van der Waals surface area contributed by atoms with Gasteiger partial charge in [-0.15, -0.1) is 0 Å². The minimum atomic E-state index is -1.30. The van der Waals surface area contributed by atoms with E-state index in [1.807, 2.05) is 0 Å². The fourth-order valence-electron chi connectivity index (χ4n) is 4.49. The highest BCUT2D eigenvalue weighted by atomic mass is 16.6. The first kappa shape index (κ1) is 41.5. The molecule has 0 radical (unpaired) electrons. The molecule has 1 aliphatic rings. The van der Waals surface area contributed by atoms with Crippen molar-refractivity contribution < 1.29 is 47.9 Å². The van der Waals surface area contributed by atoms with Crippen LogP contribution in [0.25, 0.3) is 0 Å². The van der Waals surface area contributed by atoms with Crippen LogP contribution in [0, 0.1) is 5.92 Å². The first-order valence-electron chi connectivity index (χ1n) is 16.1. The summed E-state index contributed by atoms with van der Waals surface area (Å²) in [6.07, 6.45) is 3.58. The van der Waals surface area contributed by atoms with Crippen molar-refractivity contribution in [2.45, 2.75) is 58.2 Å². The Morgan fingerprint density at radius 1 is 0.882 bits per heavy atom. The van der Waals surface area contributed by atoms with Gasteiger partial charge in [0, 0.05) is 39.6 Å². The second kappa shape index (κ2) is 19.5. The Hall–Kier alpha value is -5.69. The third-order valence-electron chi connectivity index (χ3n) is 7.09. The zero-order valence-electron chi connectivity index (χ0n) is 29.5. The zero-order valence-corrected chi connectivity index (χ0v) is 29.5. The molecule has 0 unspecified atom stereocenters. The molecule has 2 heterocycles. The summed E-state index contributed by atoms with van der Waals surface area (Å²) in [6, 6.07) is -2.29. The van der Waals surface area contributed by atoms with Crippen LogP contribution < -0.4 is 31.9 Å². The summed E-state index contributed by atoms with van der Waals surface area (Å²) in [6.45, 7) is 4.42. The third-order valence-corrected chi connectivity index (χ3v) is 7.09. The monoisotopic (exact) mass is 718 g/mol. The summed E-state index contributed by atoms with van der Waals surface area (Å²) >= 11 is 0. The number of hydrogen-bond acceptors (Lipinski definition) is 12. The average Bonchev–Trinajstić information content (AvgIpc) is 3.50. The maximum Gasteiger partial charge on any atom is 0.410 e. The standard InChI is InChI=1S/C31H46N10O10/c1-7-8-19(26(46)29(49)37-13-23(43)35-15-25(45)40(5)6)39-27(47)18-16-41(30(50)51-31(2,3)4)17-21(18)38-24(44)14-34-22(42)12-36-28(48)20-11-32-9-10-33-20/h9-11,18-19,21H,7-8,12-17H2,1-6H3,(H,34,42)(H,35,43)(H,36,48)(H,37,49)(H,38,44)(H,39,47)/t18-,19+,21+/m1/s1. The number of ether oxygens (including phenoxy) is 1. The lowest BCUT2D eigenvalue weighted by atomic mass is 10.00. The van der Waals surface area contributed by atoms with E-state index >= 15 is 0 Å². The molecule has 0 spiro atoms. The number of Topliss-reactive ketones (excluding diaryl/α,β-unsaturated/α-hetero) is 1. The molecule has 0 saturated carbocycles. The van der Waals surface area contributed by atoms with Crippen molar-refractivity contribution in [2.75, 3.05) is 53.4 Å². The Kier molecular flexibility index (Phi) is 15.8. The van der Waals surface area contributed by atoms with Crippen LogP contribution in [-0.2, 0) is 38.3 Å². The van der Waals surface area contributed by atoms with Crippen LogP contribution in [0.1, 0.15) is 51.0 Å². The first-order chi connectivity index (χ1) is 23.9. The molecule has 1 aromatic rings. The smallest absolute Gasteiger partial charge is 0.410 e. The second-order valence-electron chi connectivity index (χ2n) is 12.7. The molecule has 0 aliphatic carbocycles. The number of nitrogens with one attached hydrogen (secondary N) is 6. The summed E-state index contributed by atoms with van der Waals surface area (Å²) in [5.41, 5.74) is -0.878. The molecule has 0 bridgehead atoms. The van der Waals surface area contributed by atoms with Gasteiger partial charge >= 0.3 is 6.09 Å². The van der Waals surface area contributed by atoms with Gasteiger partial charge in [-0.25, -0.2) is 9.78 Å². The van der Waals surface area contributed by atoms with Crippen LogP contribution >= 0.6 is 0 Å². The van der Waals surface area contributed by atoms with Crippen molar-refractivity contribution in [2.24, 2.45) is 5.92 Å². The lowest BCUT2D eigenvalue weighted by Gasteiger charge is -2.24. The van der Waals surface area contributed by atoms with Crippen LogP contribution in [0.4, 0.5) is 4.79 Å². The van der Waals surface area contributed by atoms with Gasteiger partial charge in [-0.2, -0.15) is 0 Å². The van der Waals surface area contributed by atoms with Crippen molar-refractivity contribution >= 4 is 53.2 Å². The predicted molar refractivity (Wildman–Crippen MR) is 177 cm³/mol. The highest BCUT2D eigenvalue weighted by Gasteiger charge is 2.43. The molecule has 0 aromatic carbocycles. The van der Waals surface area contributed by atoms with Gasteiger partial charge in [-0.3, -0.25) is 43.3 Å². The third kappa shape index (κ3) is 14.4. The highest BCUT2D eigenvalue weighted by molar-refractivity contribution is 6.38. The van der Waals surface area contributed by atoms with Crippen molar-refractivity contribution in [3.8, 4) is 0 Å². The van der Waals surface area contributed by atoms with Crippen molar-refractivity contribution in [1.29, 1.82) is 0 Å². The van der Waals surface area contributed by atoms with Gasteiger partial charge in [0.05, 0.1) is 50.4 Å². The second-order valence-corrected chi connectivity index (χ2v) is 12.7. The van der Waals surface area contributed by atoms with E-state index in [2.05, 4.69) is 41.9 Å². The molecular formula is C31H46N10O10. The predicted octanol–water partition coefficient (Wildman–Crippen LogP) is -3.15. The fraction of sp³-hybridized carbons (Fsp3) is 0.581. The number of ketones is 1. The number of carbonyl (C=O) groups is 9. The number of carbonyl (C=O) groups excluding carboxylic acids is 9. The minimum absolute atomic E-state index is 0.0102. The maximum atomic E-state index is 13.6. The first-order valence-corrected chi connectivity index (χ1v) is 16.1. The quantitative estimate of drug-likeness (QED) is 0.0926. The van der Waals surface area contributed by atoms with Gasteiger partial charge < -0.3 is 46.4 Å². The van der Waals surface area contributed by atoms with Gasteiger partial charge in [0.1, 0.15) is 11.3 Å². The van der Waals surface area contributed by atoms with E-state index in [9.17, 15) is 43.2 Å². The highest BCUT2D eigenvalue weighted by Crippen LogP contribution is 2.21. The van der Waals surface area contributed by atoms with E-state index in [0.29, 0.717) is 6.42 Å². The van der Waals surface area contributed by atoms with Crippen molar-refractivity contribution in [1.82, 2.24) is 51.7 Å². The van der Waals surface area contributed by atoms with Crippen LogP contribution in [-0.4, -0.2) is 144 Å². The van der Waals surface area contributed by atoms with Crippen LogP contribution in [0.15, 0.2) is 18.6 Å². The SMILES string of the molecule is CCC[C@H](NC(=O)[C@@H]1CN(C(=O)OC(C)(C)C)C[C@@H]1NC(=O)CNC(=O)CNC(=O)c1cnccn1)C(=O)C(=O)NCC(=O)NCC(=O)N(C)C. The molecule has 6 N–H and O–H groups in total. The van der Waals surface area contributed by atoms with Crippen molar-refractivity contribution in [3.63, 3.8) is 0 Å². The minimum Gasteiger partial charge on any atom is -0.444 e. The topological polar surface area (TPSA) is 267 Å². The Bertz CT molecular complexity index is 1460. The van der Waals surface area contributed by atoms with Crippen LogP contribution in [0.5, 0.6) is 0 Å². The van der Waals surface area contributed by atoms with Gasteiger partial charge in [-0.05, 0) is 27.2 Å². The number of likely N-dealkylation sites (tertiary alicyclic amines) is 1. The Morgan fingerprint density at radius 2 is 1.51 bits per heavy atom. The molecule has 2 rings (SSSR count). The molecule has 1 aliphatic heterocycles. The number of amides is 8. The van der Waals surface area contributed by atoms with E-state index in [1.54, 1.807) is 27.7 Å². The fourth-order valence-corrected chi connectivity index (χ4v) is 4.49. The summed E-state index contributed by atoms with van der Waals surface area (Å²) in [7, 11) is 3.01. The lowest BCUT2D eigenvalue weighted by molar-refractivity contribution is -0.141. The normalized spacial score (nSPS) is 15.8. The molecule has 1 saturated heterocycles. The van der Waals surface area contributed by atoms with E-state index < -0.39 is 90.6 Å². The van der Waals surface area contributed by atoms with E-state index in [4.69, 9.17) is 4.74 Å². The average molecular weight is 719 g/mol. The molecule has 8 amide bonds. The van der Waals surface area contributed by atoms with Gasteiger partial charge in [0.25, 0.3) is 11.8 Å². The summed E-state index contributed by atoms with van der Waals surface area (Å²) < 4.78 is 5.42. The number of aromatic nitrogens is 2. The molecule has 1 fully saturated rings. The molecule has 1 aromatic heterocycles. The molecular weight excluding hydrogens is 672 g/mol. The number of nitrogens with zero attached hydrogens (tertiary/aromatic N) is 4. The number of hydrogen-bond donors (Lipinski definition) is 6. The zero-order chi connectivity index (χ0) is 38.3. The Morgan fingerprint density at radius 3 is 2.10 bits per heavy atom. The molecule has 20 nitrogen and oxygen atoms in total. The summed E-state index contributed by atoms with van der Waals surface area (Å²) in [5, 5.41) is 14.3. The molecule has 3 atom stereocenters. The molecule has 20 heteroatoms. The van der Waals surface area contributed by atoms with Gasteiger partial charge in [-0.1, -0.05) is 13.3 Å². The Labute approximate surface area is 294 Å². The van der Waals surface area contributed by atoms with E-state index in [0.717, 1.165) is 0 Å². The van der Waals surface area contributed by atoms with Crippen LogP contribution in [0.2, 0.25) is 0 Å². The van der Waals surface area contributed by atoms with Gasteiger partial charge in [0.2, 0.25) is 35.3 Å². The van der Waals surface area contributed by atoms with Crippen LogP contribution in [0.3, 0.4) is 0 Å². The summed E-state index contributed by atoms with van der Waals surface area (Å²) in [4.78, 5) is 123. The Balaban J connectivity index is 2.05. The largest absolute Gasteiger partial charge is 0.444 e. The molecule has 280 valence electrons. The number of likely N-dealkylation sites (N-methyl/N-ethyl adjacent to an activating group) is 1.